The number of para-hydroxylation sites is 2. The maximum absolute atomic E-state index is 4.70. The van der Waals surface area contributed by atoms with E-state index in [1.54, 1.807) is 0 Å². The monoisotopic (exact) mass is 375 g/mol. The lowest BCUT2D eigenvalue weighted by molar-refractivity contribution is 0.579. The summed E-state index contributed by atoms with van der Waals surface area (Å²) in [4.78, 5) is 16.2. The van der Waals surface area contributed by atoms with Crippen LogP contribution in [0, 0.1) is 13.8 Å². The first-order valence-electron chi connectivity index (χ1n) is 9.56. The van der Waals surface area contributed by atoms with Gasteiger partial charge in [0.05, 0.1) is 0 Å². The van der Waals surface area contributed by atoms with Crippen LogP contribution < -0.4 is 20.9 Å². The van der Waals surface area contributed by atoms with Crippen LogP contribution in [0.15, 0.2) is 48.5 Å². The van der Waals surface area contributed by atoms with Gasteiger partial charge in [-0.15, -0.1) is 0 Å². The number of nitrogens with zero attached hydrogens (tertiary/aromatic N) is 4. The van der Waals surface area contributed by atoms with Crippen LogP contribution in [-0.4, -0.2) is 41.1 Å². The zero-order valence-electron chi connectivity index (χ0n) is 16.2. The van der Waals surface area contributed by atoms with Crippen LogP contribution in [0.25, 0.3) is 0 Å². The van der Waals surface area contributed by atoms with Crippen molar-refractivity contribution in [2.24, 2.45) is 0 Å². The topological polar surface area (TPSA) is 78.0 Å². The molecule has 7 heteroatoms. The number of aromatic nitrogens is 3. The molecule has 0 bridgehead atoms. The number of aryl methyl sites for hydroxylation is 2. The highest BCUT2D eigenvalue weighted by atomic mass is 15.3. The second kappa shape index (κ2) is 8.22. The molecular weight excluding hydrogens is 350 g/mol. The molecule has 28 heavy (non-hydrogen) atoms. The van der Waals surface area contributed by atoms with Gasteiger partial charge in [-0.1, -0.05) is 36.4 Å². The Hall–Kier alpha value is -3.19. The number of piperazine rings is 1. The lowest BCUT2D eigenvalue weighted by Gasteiger charge is -2.27. The minimum atomic E-state index is 0.531. The standard InChI is InChI=1S/C21H25N7/c1-15-7-6-8-16(2)18(15)24-20-25-19(23-17-9-4-3-5-10-17)26-21(27-20)28-13-11-22-12-14-28/h3-10,22H,11-14H2,1-2H3,(H2,23,24,25,26,27). The van der Waals surface area contributed by atoms with Crippen molar-refractivity contribution < 1.29 is 0 Å². The van der Waals surface area contributed by atoms with Crippen molar-refractivity contribution in [2.45, 2.75) is 13.8 Å². The lowest BCUT2D eigenvalue weighted by atomic mass is 10.1. The molecule has 0 amide bonds. The third kappa shape index (κ3) is 4.20. The second-order valence-corrected chi connectivity index (χ2v) is 6.90. The Morgan fingerprint density at radius 1 is 0.786 bits per heavy atom. The van der Waals surface area contributed by atoms with Gasteiger partial charge in [0.2, 0.25) is 17.8 Å². The zero-order chi connectivity index (χ0) is 19.3. The molecule has 1 fully saturated rings. The molecule has 2 heterocycles. The average Bonchev–Trinajstić information content (AvgIpc) is 2.72. The average molecular weight is 375 g/mol. The SMILES string of the molecule is Cc1cccc(C)c1Nc1nc(Nc2ccccc2)nc(N2CCNCC2)n1. The Morgan fingerprint density at radius 2 is 1.43 bits per heavy atom. The van der Waals surface area contributed by atoms with Gasteiger partial charge in [-0.05, 0) is 37.1 Å². The summed E-state index contributed by atoms with van der Waals surface area (Å²) < 4.78 is 0. The smallest absolute Gasteiger partial charge is 0.233 e. The third-order valence-electron chi connectivity index (χ3n) is 4.77. The third-order valence-corrected chi connectivity index (χ3v) is 4.77. The summed E-state index contributed by atoms with van der Waals surface area (Å²) >= 11 is 0. The number of rotatable bonds is 5. The molecule has 144 valence electrons. The minimum Gasteiger partial charge on any atom is -0.338 e. The van der Waals surface area contributed by atoms with Crippen LogP contribution in [0.1, 0.15) is 11.1 Å². The van der Waals surface area contributed by atoms with Crippen molar-refractivity contribution in [3.05, 3.63) is 59.7 Å². The molecule has 0 spiro atoms. The van der Waals surface area contributed by atoms with Crippen LogP contribution in [0.2, 0.25) is 0 Å². The number of nitrogens with one attached hydrogen (secondary N) is 3. The van der Waals surface area contributed by atoms with E-state index in [-0.39, 0.29) is 0 Å². The molecule has 3 N–H and O–H groups in total. The van der Waals surface area contributed by atoms with Crippen molar-refractivity contribution >= 4 is 29.2 Å². The van der Waals surface area contributed by atoms with E-state index in [0.717, 1.165) is 48.7 Å². The number of anilines is 5. The summed E-state index contributed by atoms with van der Waals surface area (Å²) in [6, 6.07) is 16.1. The number of benzene rings is 2. The molecule has 1 aromatic heterocycles. The van der Waals surface area contributed by atoms with Gasteiger partial charge in [0.1, 0.15) is 0 Å². The first-order valence-corrected chi connectivity index (χ1v) is 9.56. The first-order chi connectivity index (χ1) is 13.7. The van der Waals surface area contributed by atoms with Crippen molar-refractivity contribution in [1.29, 1.82) is 0 Å². The molecule has 0 unspecified atom stereocenters. The molecular formula is C21H25N7. The van der Waals surface area contributed by atoms with Gasteiger partial charge in [-0.25, -0.2) is 0 Å². The fraction of sp³-hybridized carbons (Fsp3) is 0.286. The summed E-state index contributed by atoms with van der Waals surface area (Å²) in [6.07, 6.45) is 0. The van der Waals surface area contributed by atoms with Crippen LogP contribution >= 0.6 is 0 Å². The van der Waals surface area contributed by atoms with Crippen molar-refractivity contribution in [1.82, 2.24) is 20.3 Å². The second-order valence-electron chi connectivity index (χ2n) is 6.90. The Kier molecular flexibility index (Phi) is 5.34. The Bertz CT molecular complexity index is 916. The molecule has 1 saturated heterocycles. The van der Waals surface area contributed by atoms with Crippen LogP contribution in [-0.2, 0) is 0 Å². The molecule has 0 radical (unpaired) electrons. The summed E-state index contributed by atoms with van der Waals surface area (Å²) in [7, 11) is 0. The van der Waals surface area contributed by atoms with Crippen molar-refractivity contribution in [2.75, 3.05) is 41.7 Å². The molecule has 0 atom stereocenters. The largest absolute Gasteiger partial charge is 0.338 e. The van der Waals surface area contributed by atoms with Gasteiger partial charge in [-0.2, -0.15) is 15.0 Å². The zero-order valence-corrected chi connectivity index (χ0v) is 16.2. The van der Waals surface area contributed by atoms with E-state index in [1.807, 2.05) is 30.3 Å². The normalized spacial score (nSPS) is 14.0. The fourth-order valence-electron chi connectivity index (χ4n) is 3.26. The highest BCUT2D eigenvalue weighted by Crippen LogP contribution is 2.25. The molecule has 1 aliphatic heterocycles. The van der Waals surface area contributed by atoms with E-state index in [1.165, 1.54) is 0 Å². The maximum Gasteiger partial charge on any atom is 0.233 e. The van der Waals surface area contributed by atoms with Gasteiger partial charge < -0.3 is 20.9 Å². The number of hydrogen-bond acceptors (Lipinski definition) is 7. The van der Waals surface area contributed by atoms with E-state index in [4.69, 9.17) is 4.98 Å². The van der Waals surface area contributed by atoms with Crippen molar-refractivity contribution in [3.8, 4) is 0 Å². The number of hydrogen-bond donors (Lipinski definition) is 3. The van der Waals surface area contributed by atoms with Crippen LogP contribution in [0.3, 0.4) is 0 Å². The van der Waals surface area contributed by atoms with Gasteiger partial charge >= 0.3 is 0 Å². The molecule has 1 aliphatic rings. The minimum absolute atomic E-state index is 0.531. The van der Waals surface area contributed by atoms with E-state index in [9.17, 15) is 0 Å². The first kappa shape index (κ1) is 18.2. The van der Waals surface area contributed by atoms with Gasteiger partial charge in [0.15, 0.2) is 0 Å². The van der Waals surface area contributed by atoms with Gasteiger partial charge in [0, 0.05) is 37.6 Å². The molecule has 0 saturated carbocycles. The van der Waals surface area contributed by atoms with Crippen molar-refractivity contribution in [3.63, 3.8) is 0 Å². The Morgan fingerprint density at radius 3 is 2.11 bits per heavy atom. The predicted octanol–water partition coefficient (Wildman–Crippen LogP) is 3.39. The lowest BCUT2D eigenvalue weighted by Crippen LogP contribution is -2.44. The van der Waals surface area contributed by atoms with E-state index in [0.29, 0.717) is 17.8 Å². The fourth-order valence-corrected chi connectivity index (χ4v) is 3.26. The Balaban J connectivity index is 1.68. The Labute approximate surface area is 165 Å². The van der Waals surface area contributed by atoms with Gasteiger partial charge in [0.25, 0.3) is 0 Å². The predicted molar refractivity (Wildman–Crippen MR) is 114 cm³/mol. The summed E-state index contributed by atoms with van der Waals surface area (Å²) in [5.74, 6) is 1.76. The van der Waals surface area contributed by atoms with Crippen LogP contribution in [0.5, 0.6) is 0 Å². The van der Waals surface area contributed by atoms with Gasteiger partial charge in [-0.3, -0.25) is 0 Å². The quantitative estimate of drug-likeness (QED) is 0.631. The van der Waals surface area contributed by atoms with E-state index < -0.39 is 0 Å². The molecule has 4 rings (SSSR count). The summed E-state index contributed by atoms with van der Waals surface area (Å²) in [5.41, 5.74) is 4.28. The van der Waals surface area contributed by atoms with E-state index in [2.05, 4.69) is 62.9 Å². The molecule has 2 aromatic carbocycles. The molecule has 3 aromatic rings. The molecule has 7 nitrogen and oxygen atoms in total. The van der Waals surface area contributed by atoms with Crippen LogP contribution in [0.4, 0.5) is 29.2 Å². The molecule has 0 aliphatic carbocycles. The summed E-state index contributed by atoms with van der Waals surface area (Å²) in [5, 5.41) is 10.1. The van der Waals surface area contributed by atoms with E-state index >= 15 is 0 Å². The highest BCUT2D eigenvalue weighted by Gasteiger charge is 2.17. The summed E-state index contributed by atoms with van der Waals surface area (Å²) in [6.45, 7) is 7.75. The highest BCUT2D eigenvalue weighted by molar-refractivity contribution is 5.64. The maximum atomic E-state index is 4.70.